The van der Waals surface area contributed by atoms with E-state index in [0.717, 1.165) is 10.6 Å². The van der Waals surface area contributed by atoms with Gasteiger partial charge < -0.3 is 5.11 Å². The van der Waals surface area contributed by atoms with Gasteiger partial charge >= 0.3 is 5.97 Å². The molecule has 3 heteroatoms. The fourth-order valence-electron chi connectivity index (χ4n) is 2.90. The number of rotatable bonds is 3. The van der Waals surface area contributed by atoms with Crippen LogP contribution in [0.1, 0.15) is 56.6 Å². The second-order valence-electron chi connectivity index (χ2n) is 6.36. The molecule has 0 heterocycles. The number of hydrogen-bond donors (Lipinski definition) is 1. The van der Waals surface area contributed by atoms with Crippen molar-refractivity contribution >= 4 is 17.6 Å². The van der Waals surface area contributed by atoms with E-state index >= 15 is 0 Å². The van der Waals surface area contributed by atoms with E-state index in [4.69, 9.17) is 16.7 Å². The molecule has 0 atom stereocenters. The van der Waals surface area contributed by atoms with Crippen molar-refractivity contribution in [3.63, 3.8) is 0 Å². The Labute approximate surface area is 119 Å². The van der Waals surface area contributed by atoms with Crippen LogP contribution in [0.15, 0.2) is 18.2 Å². The lowest BCUT2D eigenvalue weighted by molar-refractivity contribution is -0.136. The number of carbonyl (C=O) groups is 1. The average molecular weight is 281 g/mol. The largest absolute Gasteiger partial charge is 0.481 e. The molecule has 0 radical (unpaired) electrons. The minimum absolute atomic E-state index is 0.0394. The molecule has 1 aliphatic rings. The van der Waals surface area contributed by atoms with Gasteiger partial charge in [-0.1, -0.05) is 37.6 Å². The van der Waals surface area contributed by atoms with E-state index in [9.17, 15) is 4.79 Å². The molecule has 0 unspecified atom stereocenters. The minimum Gasteiger partial charge on any atom is -0.481 e. The molecule has 0 spiro atoms. The zero-order valence-electron chi connectivity index (χ0n) is 11.6. The van der Waals surface area contributed by atoms with Gasteiger partial charge in [-0.15, -0.1) is 0 Å². The number of aliphatic carboxylic acids is 1. The van der Waals surface area contributed by atoms with E-state index in [1.807, 2.05) is 18.2 Å². The molecule has 1 N–H and O–H groups in total. The minimum atomic E-state index is -0.816. The van der Waals surface area contributed by atoms with Gasteiger partial charge in [-0.3, -0.25) is 4.79 Å². The van der Waals surface area contributed by atoms with Crippen molar-refractivity contribution in [2.75, 3.05) is 0 Å². The molecular formula is C16H21ClO2. The average Bonchev–Trinajstić information content (AvgIpc) is 2.29. The monoisotopic (exact) mass is 280 g/mol. The van der Waals surface area contributed by atoms with Gasteiger partial charge in [0.1, 0.15) is 0 Å². The summed E-state index contributed by atoms with van der Waals surface area (Å²) in [5, 5.41) is 9.52. The quantitative estimate of drug-likeness (QED) is 0.875. The number of benzene rings is 1. The Morgan fingerprint density at radius 3 is 2.53 bits per heavy atom. The van der Waals surface area contributed by atoms with Crippen LogP contribution in [0.2, 0.25) is 5.02 Å². The van der Waals surface area contributed by atoms with Crippen molar-refractivity contribution in [2.45, 2.75) is 51.9 Å². The number of carboxylic acids is 1. The van der Waals surface area contributed by atoms with Gasteiger partial charge in [-0.05, 0) is 54.2 Å². The molecule has 0 bridgehead atoms. The standard InChI is InChI=1S/C16H21ClO2/c1-16(2)7-5-12(6-8-16)13-4-3-11(9-14(13)17)10-15(18)19/h3-4,9,12H,5-8,10H2,1-2H3,(H,18,19). The van der Waals surface area contributed by atoms with Gasteiger partial charge in [0.25, 0.3) is 0 Å². The summed E-state index contributed by atoms with van der Waals surface area (Å²) in [4.78, 5) is 10.7. The Bertz CT molecular complexity index is 470. The molecule has 19 heavy (non-hydrogen) atoms. The summed E-state index contributed by atoms with van der Waals surface area (Å²) in [6.07, 6.45) is 4.84. The zero-order chi connectivity index (χ0) is 14.0. The van der Waals surface area contributed by atoms with E-state index in [1.165, 1.54) is 31.2 Å². The third-order valence-corrected chi connectivity index (χ3v) is 4.53. The van der Waals surface area contributed by atoms with Crippen LogP contribution < -0.4 is 0 Å². The summed E-state index contributed by atoms with van der Waals surface area (Å²) in [6, 6.07) is 5.73. The molecular weight excluding hydrogens is 260 g/mol. The summed E-state index contributed by atoms with van der Waals surface area (Å²) in [6.45, 7) is 4.64. The van der Waals surface area contributed by atoms with Crippen LogP contribution >= 0.6 is 11.6 Å². The van der Waals surface area contributed by atoms with Gasteiger partial charge in [0, 0.05) is 5.02 Å². The van der Waals surface area contributed by atoms with Crippen LogP contribution in [0.5, 0.6) is 0 Å². The lowest BCUT2D eigenvalue weighted by Gasteiger charge is -2.34. The highest BCUT2D eigenvalue weighted by Crippen LogP contribution is 2.44. The van der Waals surface area contributed by atoms with Crippen LogP contribution in [0.25, 0.3) is 0 Å². The number of halogens is 1. The molecule has 2 nitrogen and oxygen atoms in total. The van der Waals surface area contributed by atoms with E-state index in [2.05, 4.69) is 13.8 Å². The molecule has 1 fully saturated rings. The van der Waals surface area contributed by atoms with Gasteiger partial charge in [-0.2, -0.15) is 0 Å². The maximum Gasteiger partial charge on any atom is 0.307 e. The third kappa shape index (κ3) is 3.73. The Morgan fingerprint density at radius 2 is 2.00 bits per heavy atom. The summed E-state index contributed by atoms with van der Waals surface area (Å²) in [7, 11) is 0. The predicted octanol–water partition coefficient (Wildman–Crippen LogP) is 4.65. The first-order chi connectivity index (χ1) is 8.87. The molecule has 0 saturated heterocycles. The second-order valence-corrected chi connectivity index (χ2v) is 6.77. The Hall–Kier alpha value is -1.02. The highest BCUT2D eigenvalue weighted by atomic mass is 35.5. The summed E-state index contributed by atoms with van der Waals surface area (Å²) < 4.78 is 0. The number of carboxylic acid groups (broad SMARTS) is 1. The number of hydrogen-bond acceptors (Lipinski definition) is 1. The van der Waals surface area contributed by atoms with Crippen molar-refractivity contribution in [1.82, 2.24) is 0 Å². The van der Waals surface area contributed by atoms with E-state index in [0.29, 0.717) is 11.3 Å². The molecule has 104 valence electrons. The normalized spacial score (nSPS) is 19.3. The van der Waals surface area contributed by atoms with Crippen LogP contribution in [0.4, 0.5) is 0 Å². The Kier molecular flexibility index (Phi) is 4.19. The lowest BCUT2D eigenvalue weighted by Crippen LogP contribution is -2.20. The van der Waals surface area contributed by atoms with Crippen LogP contribution in [0, 0.1) is 5.41 Å². The van der Waals surface area contributed by atoms with Gasteiger partial charge in [0.2, 0.25) is 0 Å². The van der Waals surface area contributed by atoms with Crippen LogP contribution in [-0.4, -0.2) is 11.1 Å². The summed E-state index contributed by atoms with van der Waals surface area (Å²) >= 11 is 6.32. The second kappa shape index (κ2) is 5.54. The fraction of sp³-hybridized carbons (Fsp3) is 0.562. The molecule has 0 aliphatic heterocycles. The van der Waals surface area contributed by atoms with Crippen molar-refractivity contribution in [3.8, 4) is 0 Å². The maximum absolute atomic E-state index is 10.7. The van der Waals surface area contributed by atoms with Crippen molar-refractivity contribution in [1.29, 1.82) is 0 Å². The molecule has 1 aromatic rings. The first-order valence-corrected chi connectivity index (χ1v) is 7.25. The van der Waals surface area contributed by atoms with Gasteiger partial charge in [0.05, 0.1) is 6.42 Å². The molecule has 1 aliphatic carbocycles. The first kappa shape index (κ1) is 14.4. The highest BCUT2D eigenvalue weighted by Gasteiger charge is 2.28. The molecule has 2 rings (SSSR count). The maximum atomic E-state index is 10.7. The molecule has 1 saturated carbocycles. The zero-order valence-corrected chi connectivity index (χ0v) is 12.3. The first-order valence-electron chi connectivity index (χ1n) is 6.87. The van der Waals surface area contributed by atoms with Crippen LogP contribution in [-0.2, 0) is 11.2 Å². The summed E-state index contributed by atoms with van der Waals surface area (Å²) in [5.41, 5.74) is 2.41. The van der Waals surface area contributed by atoms with E-state index in [1.54, 1.807) is 0 Å². The Morgan fingerprint density at radius 1 is 1.37 bits per heavy atom. The molecule has 1 aromatic carbocycles. The van der Waals surface area contributed by atoms with E-state index < -0.39 is 5.97 Å². The van der Waals surface area contributed by atoms with Crippen molar-refractivity contribution in [2.24, 2.45) is 5.41 Å². The lowest BCUT2D eigenvalue weighted by atomic mass is 9.71. The fourth-order valence-corrected chi connectivity index (χ4v) is 3.25. The smallest absolute Gasteiger partial charge is 0.307 e. The topological polar surface area (TPSA) is 37.3 Å². The predicted molar refractivity (Wildman–Crippen MR) is 77.8 cm³/mol. The third-order valence-electron chi connectivity index (χ3n) is 4.20. The van der Waals surface area contributed by atoms with Gasteiger partial charge in [-0.25, -0.2) is 0 Å². The van der Waals surface area contributed by atoms with Gasteiger partial charge in [0.15, 0.2) is 0 Å². The molecule has 0 amide bonds. The van der Waals surface area contributed by atoms with Crippen molar-refractivity contribution in [3.05, 3.63) is 34.3 Å². The van der Waals surface area contributed by atoms with E-state index in [-0.39, 0.29) is 6.42 Å². The SMILES string of the molecule is CC1(C)CCC(c2ccc(CC(=O)O)cc2Cl)CC1. The molecule has 0 aromatic heterocycles. The highest BCUT2D eigenvalue weighted by molar-refractivity contribution is 6.31. The summed E-state index contributed by atoms with van der Waals surface area (Å²) in [5.74, 6) is -0.289. The Balaban J connectivity index is 2.11. The van der Waals surface area contributed by atoms with Crippen molar-refractivity contribution < 1.29 is 9.90 Å². The van der Waals surface area contributed by atoms with Crippen LogP contribution in [0.3, 0.4) is 0 Å².